The van der Waals surface area contributed by atoms with Gasteiger partial charge < -0.3 is 10.5 Å². The fourth-order valence-corrected chi connectivity index (χ4v) is 2.58. The van der Waals surface area contributed by atoms with Crippen LogP contribution < -0.4 is 5.73 Å². The van der Waals surface area contributed by atoms with Crippen LogP contribution in [-0.2, 0) is 11.3 Å². The molecule has 2 N–H and O–H groups in total. The van der Waals surface area contributed by atoms with Gasteiger partial charge in [-0.05, 0) is 38.3 Å². The van der Waals surface area contributed by atoms with Gasteiger partial charge in [0.2, 0.25) is 5.95 Å². The van der Waals surface area contributed by atoms with Crippen molar-refractivity contribution in [2.24, 2.45) is 0 Å². The Labute approximate surface area is 106 Å². The molecule has 0 amide bonds. The van der Waals surface area contributed by atoms with E-state index >= 15 is 0 Å². The highest BCUT2D eigenvalue weighted by Gasteiger charge is 2.31. The number of nitrogens with zero attached hydrogens (tertiary/aromatic N) is 3. The summed E-state index contributed by atoms with van der Waals surface area (Å²) >= 11 is 0. The van der Waals surface area contributed by atoms with Crippen LogP contribution in [0, 0.1) is 6.92 Å². The molecule has 5 heteroatoms. The van der Waals surface area contributed by atoms with Crippen LogP contribution in [0.2, 0.25) is 0 Å². The van der Waals surface area contributed by atoms with Crippen LogP contribution in [0.4, 0.5) is 5.95 Å². The van der Waals surface area contributed by atoms with Crippen molar-refractivity contribution in [3.8, 4) is 0 Å². The standard InChI is InChI=1S/C13H18N4O/c1-9-6-10-11(15-7-9)17(12(14)16-10)8-13(2)4-3-5-18-13/h6-7H,3-5,8H2,1-2H3,(H2,14,16). The van der Waals surface area contributed by atoms with Crippen LogP contribution in [0.25, 0.3) is 11.2 Å². The summed E-state index contributed by atoms with van der Waals surface area (Å²) in [5.74, 6) is 0.514. The molecule has 96 valence electrons. The summed E-state index contributed by atoms with van der Waals surface area (Å²) in [5.41, 5.74) is 8.64. The van der Waals surface area contributed by atoms with Crippen molar-refractivity contribution in [3.05, 3.63) is 17.8 Å². The van der Waals surface area contributed by atoms with E-state index in [2.05, 4.69) is 16.9 Å². The lowest BCUT2D eigenvalue weighted by Crippen LogP contribution is -2.30. The molecular weight excluding hydrogens is 228 g/mol. The summed E-state index contributed by atoms with van der Waals surface area (Å²) < 4.78 is 7.77. The highest BCUT2D eigenvalue weighted by molar-refractivity contribution is 5.74. The third kappa shape index (κ3) is 1.84. The lowest BCUT2D eigenvalue weighted by atomic mass is 10.0. The van der Waals surface area contributed by atoms with E-state index in [1.807, 2.05) is 23.8 Å². The van der Waals surface area contributed by atoms with E-state index in [0.717, 1.165) is 36.2 Å². The quantitative estimate of drug-likeness (QED) is 0.878. The molecule has 0 saturated carbocycles. The number of pyridine rings is 1. The third-order valence-electron chi connectivity index (χ3n) is 3.54. The molecule has 0 aliphatic carbocycles. The lowest BCUT2D eigenvalue weighted by molar-refractivity contribution is 0.00740. The third-order valence-corrected chi connectivity index (χ3v) is 3.54. The van der Waals surface area contributed by atoms with E-state index in [-0.39, 0.29) is 5.60 Å². The first-order valence-corrected chi connectivity index (χ1v) is 6.30. The molecule has 0 bridgehead atoms. The highest BCUT2D eigenvalue weighted by Crippen LogP contribution is 2.29. The summed E-state index contributed by atoms with van der Waals surface area (Å²) in [6, 6.07) is 2.01. The van der Waals surface area contributed by atoms with Crippen molar-refractivity contribution >= 4 is 17.1 Å². The number of nitrogens with two attached hydrogens (primary N) is 1. The fourth-order valence-electron chi connectivity index (χ4n) is 2.58. The van der Waals surface area contributed by atoms with Gasteiger partial charge in [0, 0.05) is 12.8 Å². The smallest absolute Gasteiger partial charge is 0.202 e. The predicted molar refractivity (Wildman–Crippen MR) is 70.3 cm³/mol. The topological polar surface area (TPSA) is 66.0 Å². The van der Waals surface area contributed by atoms with Crippen molar-refractivity contribution in [3.63, 3.8) is 0 Å². The maximum Gasteiger partial charge on any atom is 0.202 e. The Hall–Kier alpha value is -1.62. The fraction of sp³-hybridized carbons (Fsp3) is 0.538. The van der Waals surface area contributed by atoms with Crippen molar-refractivity contribution in [2.75, 3.05) is 12.3 Å². The lowest BCUT2D eigenvalue weighted by Gasteiger charge is -2.24. The first kappa shape index (κ1) is 11.5. The zero-order chi connectivity index (χ0) is 12.8. The molecule has 1 unspecified atom stereocenters. The average molecular weight is 246 g/mol. The Morgan fingerprint density at radius 1 is 1.56 bits per heavy atom. The van der Waals surface area contributed by atoms with E-state index in [1.54, 1.807) is 0 Å². The van der Waals surface area contributed by atoms with Gasteiger partial charge in [0.05, 0.1) is 12.1 Å². The van der Waals surface area contributed by atoms with Crippen LogP contribution in [0.15, 0.2) is 12.3 Å². The van der Waals surface area contributed by atoms with Crippen LogP contribution >= 0.6 is 0 Å². The second kappa shape index (κ2) is 3.95. The van der Waals surface area contributed by atoms with Gasteiger partial charge in [-0.3, -0.25) is 4.57 Å². The normalized spacial score (nSPS) is 23.9. The zero-order valence-corrected chi connectivity index (χ0v) is 10.8. The Morgan fingerprint density at radius 2 is 2.39 bits per heavy atom. The maximum atomic E-state index is 6.00. The Kier molecular flexibility index (Phi) is 2.52. The summed E-state index contributed by atoms with van der Waals surface area (Å²) in [6.45, 7) is 5.67. The number of fused-ring (bicyclic) bond motifs is 1. The molecule has 1 aliphatic rings. The van der Waals surface area contributed by atoms with E-state index in [1.165, 1.54) is 0 Å². The van der Waals surface area contributed by atoms with Gasteiger partial charge in [0.25, 0.3) is 0 Å². The molecule has 3 heterocycles. The number of aryl methyl sites for hydroxylation is 1. The molecule has 1 atom stereocenters. The van der Waals surface area contributed by atoms with Crippen molar-refractivity contribution in [2.45, 2.75) is 38.8 Å². The minimum Gasteiger partial charge on any atom is -0.373 e. The van der Waals surface area contributed by atoms with Gasteiger partial charge >= 0.3 is 0 Å². The Balaban J connectivity index is 2.03. The van der Waals surface area contributed by atoms with Gasteiger partial charge in [-0.2, -0.15) is 0 Å². The van der Waals surface area contributed by atoms with Crippen molar-refractivity contribution in [1.29, 1.82) is 0 Å². The number of anilines is 1. The van der Waals surface area contributed by atoms with Gasteiger partial charge in [0.1, 0.15) is 5.52 Å². The predicted octanol–water partition coefficient (Wildman–Crippen LogP) is 1.89. The van der Waals surface area contributed by atoms with Gasteiger partial charge in [-0.1, -0.05) is 0 Å². The van der Waals surface area contributed by atoms with Crippen LogP contribution in [0.5, 0.6) is 0 Å². The summed E-state index contributed by atoms with van der Waals surface area (Å²) in [4.78, 5) is 8.81. The summed E-state index contributed by atoms with van der Waals surface area (Å²) in [5, 5.41) is 0. The van der Waals surface area contributed by atoms with Gasteiger partial charge in [0.15, 0.2) is 5.65 Å². The van der Waals surface area contributed by atoms with Gasteiger partial charge in [-0.25, -0.2) is 9.97 Å². The Bertz CT molecular complexity index is 584. The zero-order valence-electron chi connectivity index (χ0n) is 10.8. The maximum absolute atomic E-state index is 6.00. The monoisotopic (exact) mass is 246 g/mol. The number of rotatable bonds is 2. The van der Waals surface area contributed by atoms with E-state index in [4.69, 9.17) is 10.5 Å². The molecule has 18 heavy (non-hydrogen) atoms. The number of hydrogen-bond donors (Lipinski definition) is 1. The second-order valence-electron chi connectivity index (χ2n) is 5.31. The molecule has 1 saturated heterocycles. The van der Waals surface area contributed by atoms with Gasteiger partial charge in [-0.15, -0.1) is 0 Å². The molecular formula is C13H18N4O. The first-order chi connectivity index (χ1) is 8.57. The second-order valence-corrected chi connectivity index (χ2v) is 5.31. The highest BCUT2D eigenvalue weighted by atomic mass is 16.5. The van der Waals surface area contributed by atoms with E-state index in [9.17, 15) is 0 Å². The molecule has 1 aliphatic heterocycles. The number of nitrogen functional groups attached to an aromatic ring is 1. The number of ether oxygens (including phenoxy) is 1. The number of aromatic nitrogens is 3. The van der Waals surface area contributed by atoms with Crippen molar-refractivity contribution < 1.29 is 4.74 Å². The van der Waals surface area contributed by atoms with E-state index in [0.29, 0.717) is 12.5 Å². The molecule has 2 aromatic heterocycles. The molecule has 2 aromatic rings. The largest absolute Gasteiger partial charge is 0.373 e. The molecule has 5 nitrogen and oxygen atoms in total. The SMILES string of the molecule is Cc1cnc2c(c1)nc(N)n2CC1(C)CCCO1. The molecule has 0 radical (unpaired) electrons. The number of imidazole rings is 1. The molecule has 0 spiro atoms. The van der Waals surface area contributed by atoms with Crippen molar-refractivity contribution in [1.82, 2.24) is 14.5 Å². The minimum absolute atomic E-state index is 0.145. The van der Waals surface area contributed by atoms with Crippen LogP contribution in [0.3, 0.4) is 0 Å². The Morgan fingerprint density at radius 3 is 3.11 bits per heavy atom. The summed E-state index contributed by atoms with van der Waals surface area (Å²) in [7, 11) is 0. The molecule has 0 aromatic carbocycles. The molecule has 3 rings (SSSR count). The van der Waals surface area contributed by atoms with Crippen LogP contribution in [0.1, 0.15) is 25.3 Å². The van der Waals surface area contributed by atoms with Crippen LogP contribution in [-0.4, -0.2) is 26.7 Å². The average Bonchev–Trinajstić information content (AvgIpc) is 2.85. The minimum atomic E-state index is -0.145. The first-order valence-electron chi connectivity index (χ1n) is 6.30. The van der Waals surface area contributed by atoms with E-state index < -0.39 is 0 Å². The summed E-state index contributed by atoms with van der Waals surface area (Å²) in [6.07, 6.45) is 4.01. The number of hydrogen-bond acceptors (Lipinski definition) is 4. The molecule has 1 fully saturated rings.